The Kier molecular flexibility index (Phi) is 1.65. The molecule has 2 aliphatic heterocycles. The molecule has 2 fully saturated rings. The molecule has 3 heteroatoms. The van der Waals surface area contributed by atoms with Crippen LogP contribution < -0.4 is 0 Å². The van der Waals surface area contributed by atoms with E-state index in [0.29, 0.717) is 18.2 Å². The van der Waals surface area contributed by atoms with Crippen LogP contribution in [0.15, 0.2) is 0 Å². The average Bonchev–Trinajstić information content (AvgIpc) is 2.65. The van der Waals surface area contributed by atoms with Crippen molar-refractivity contribution in [1.29, 1.82) is 0 Å². The zero-order valence-electron chi connectivity index (χ0n) is 7.78. The topological polar surface area (TPSA) is 32.8 Å². The second kappa shape index (κ2) is 2.46. The fourth-order valence-corrected chi connectivity index (χ4v) is 2.38. The maximum absolute atomic E-state index is 11.3. The maximum atomic E-state index is 11.3. The minimum absolute atomic E-state index is 0.170. The quantitative estimate of drug-likeness (QED) is 0.502. The van der Waals surface area contributed by atoms with Crippen molar-refractivity contribution < 1.29 is 9.53 Å². The highest BCUT2D eigenvalue weighted by molar-refractivity contribution is 5.74. The molecule has 68 valence electrons. The van der Waals surface area contributed by atoms with E-state index in [9.17, 15) is 4.79 Å². The first-order chi connectivity index (χ1) is 5.61. The Balaban J connectivity index is 2.13. The molecule has 12 heavy (non-hydrogen) atoms. The molecule has 0 N–H and O–H groups in total. The van der Waals surface area contributed by atoms with Crippen LogP contribution in [0.25, 0.3) is 0 Å². The predicted octanol–water partition coefficient (Wildman–Crippen LogP) is 0.783. The van der Waals surface area contributed by atoms with Crippen molar-refractivity contribution in [2.45, 2.75) is 51.5 Å². The van der Waals surface area contributed by atoms with Crippen LogP contribution in [0, 0.1) is 0 Å². The van der Waals surface area contributed by atoms with E-state index in [2.05, 4.69) is 13.8 Å². The Labute approximate surface area is 72.7 Å². The number of ether oxygens (including phenoxy) is 1. The molecule has 3 nitrogen and oxygen atoms in total. The second-order valence-corrected chi connectivity index (χ2v) is 3.89. The number of piperidine rings is 1. The third-order valence-corrected chi connectivity index (χ3v) is 2.95. The summed E-state index contributed by atoms with van der Waals surface area (Å²) in [5.74, 6) is 0.170. The summed E-state index contributed by atoms with van der Waals surface area (Å²) in [4.78, 5) is 13.2. The number of nitrogens with zero attached hydrogens (tertiary/aromatic N) is 1. The van der Waals surface area contributed by atoms with E-state index in [1.54, 1.807) is 6.92 Å². The van der Waals surface area contributed by atoms with Crippen molar-refractivity contribution >= 4 is 5.91 Å². The van der Waals surface area contributed by atoms with Gasteiger partial charge in [0, 0.05) is 13.0 Å². The van der Waals surface area contributed by atoms with Crippen molar-refractivity contribution in [2.24, 2.45) is 0 Å². The number of fused-ring (bicyclic) bond motifs is 1. The summed E-state index contributed by atoms with van der Waals surface area (Å²) >= 11 is 0. The van der Waals surface area contributed by atoms with Crippen molar-refractivity contribution in [2.75, 3.05) is 0 Å². The zero-order valence-corrected chi connectivity index (χ0v) is 7.78. The van der Waals surface area contributed by atoms with E-state index in [1.807, 2.05) is 4.90 Å². The molecule has 0 aliphatic carbocycles. The average molecular weight is 169 g/mol. The van der Waals surface area contributed by atoms with Crippen molar-refractivity contribution in [3.05, 3.63) is 0 Å². The molecule has 0 saturated carbocycles. The van der Waals surface area contributed by atoms with E-state index in [1.165, 1.54) is 0 Å². The highest BCUT2D eigenvalue weighted by Gasteiger charge is 2.51. The first kappa shape index (κ1) is 8.05. The van der Waals surface area contributed by atoms with Crippen molar-refractivity contribution in [3.63, 3.8) is 0 Å². The lowest BCUT2D eigenvalue weighted by molar-refractivity contribution is -0.134. The van der Waals surface area contributed by atoms with Gasteiger partial charge in [-0.1, -0.05) is 0 Å². The summed E-state index contributed by atoms with van der Waals surface area (Å²) in [5.41, 5.74) is 0. The fraction of sp³-hybridized carbons (Fsp3) is 0.889. The first-order valence-corrected chi connectivity index (χ1v) is 4.55. The monoisotopic (exact) mass is 169 g/mol. The summed E-state index contributed by atoms with van der Waals surface area (Å²) in [7, 11) is 0. The van der Waals surface area contributed by atoms with Gasteiger partial charge < -0.3 is 9.64 Å². The number of hydrogen-bond donors (Lipinski definition) is 0. The van der Waals surface area contributed by atoms with E-state index in [0.717, 1.165) is 6.42 Å². The number of carbonyl (C=O) groups excluding carboxylic acids is 1. The number of carbonyl (C=O) groups is 1. The van der Waals surface area contributed by atoms with Crippen molar-refractivity contribution in [1.82, 2.24) is 4.90 Å². The van der Waals surface area contributed by atoms with Crippen LogP contribution in [0.4, 0.5) is 0 Å². The summed E-state index contributed by atoms with van der Waals surface area (Å²) in [6.45, 7) is 5.80. The van der Waals surface area contributed by atoms with Crippen LogP contribution in [0.3, 0.4) is 0 Å². The first-order valence-electron chi connectivity index (χ1n) is 4.55. The van der Waals surface area contributed by atoms with Crippen LogP contribution >= 0.6 is 0 Å². The normalized spacial score (nSPS) is 45.4. The van der Waals surface area contributed by atoms with Gasteiger partial charge in [0.05, 0.1) is 12.1 Å². The lowest BCUT2D eigenvalue weighted by Gasteiger charge is -2.35. The highest BCUT2D eigenvalue weighted by Crippen LogP contribution is 2.38. The van der Waals surface area contributed by atoms with E-state index in [-0.39, 0.29) is 11.9 Å². The van der Waals surface area contributed by atoms with Gasteiger partial charge in [0.1, 0.15) is 6.10 Å². The van der Waals surface area contributed by atoms with E-state index < -0.39 is 0 Å². The molecular weight excluding hydrogens is 154 g/mol. The highest BCUT2D eigenvalue weighted by atomic mass is 16.6. The van der Waals surface area contributed by atoms with Crippen LogP contribution in [0.5, 0.6) is 0 Å². The van der Waals surface area contributed by atoms with Crippen LogP contribution in [-0.2, 0) is 9.53 Å². The molecule has 2 heterocycles. The third-order valence-electron chi connectivity index (χ3n) is 2.95. The molecule has 2 saturated heterocycles. The molecule has 0 radical (unpaired) electrons. The Morgan fingerprint density at radius 1 is 1.50 bits per heavy atom. The molecule has 1 amide bonds. The standard InChI is InChI=1S/C9H15NO2/c1-5-4-8-9(12-8)6(2)10(5)7(3)11/h5-6,8-9H,4H2,1-3H3. The van der Waals surface area contributed by atoms with Gasteiger partial charge in [-0.3, -0.25) is 4.79 Å². The van der Waals surface area contributed by atoms with Gasteiger partial charge in [-0.15, -0.1) is 0 Å². The Hall–Kier alpha value is -0.570. The number of amides is 1. The number of epoxide rings is 1. The molecule has 0 bridgehead atoms. The molecule has 2 aliphatic rings. The molecule has 0 aromatic heterocycles. The van der Waals surface area contributed by atoms with Gasteiger partial charge in [0.2, 0.25) is 5.91 Å². The molecule has 0 aromatic carbocycles. The van der Waals surface area contributed by atoms with Crippen molar-refractivity contribution in [3.8, 4) is 0 Å². The van der Waals surface area contributed by atoms with Gasteiger partial charge >= 0.3 is 0 Å². The molecule has 2 rings (SSSR count). The minimum atomic E-state index is 0.170. The SMILES string of the molecule is CC(=O)N1C(C)CC2OC2C1C. The molecule has 4 unspecified atom stereocenters. The summed E-state index contributed by atoms with van der Waals surface area (Å²) in [6.07, 6.45) is 1.77. The van der Waals surface area contributed by atoms with Gasteiger partial charge in [-0.25, -0.2) is 0 Å². The van der Waals surface area contributed by atoms with Gasteiger partial charge in [0.25, 0.3) is 0 Å². The van der Waals surface area contributed by atoms with Crippen LogP contribution in [0.1, 0.15) is 27.2 Å². The molecule has 0 aromatic rings. The number of likely N-dealkylation sites (tertiary alicyclic amines) is 1. The zero-order chi connectivity index (χ0) is 8.88. The van der Waals surface area contributed by atoms with Gasteiger partial charge in [0.15, 0.2) is 0 Å². The summed E-state index contributed by atoms with van der Waals surface area (Å²) in [6, 6.07) is 0.623. The second-order valence-electron chi connectivity index (χ2n) is 3.89. The smallest absolute Gasteiger partial charge is 0.220 e. The van der Waals surface area contributed by atoms with E-state index in [4.69, 9.17) is 4.74 Å². The number of hydrogen-bond acceptors (Lipinski definition) is 2. The fourth-order valence-electron chi connectivity index (χ4n) is 2.38. The predicted molar refractivity (Wildman–Crippen MR) is 44.7 cm³/mol. The third kappa shape index (κ3) is 1.04. The van der Waals surface area contributed by atoms with Crippen LogP contribution in [-0.4, -0.2) is 35.1 Å². The maximum Gasteiger partial charge on any atom is 0.220 e. The molecule has 4 atom stereocenters. The summed E-state index contributed by atoms with van der Waals surface area (Å²) < 4.78 is 5.45. The van der Waals surface area contributed by atoms with Crippen LogP contribution in [0.2, 0.25) is 0 Å². The lowest BCUT2D eigenvalue weighted by Crippen LogP contribution is -2.50. The molecular formula is C9H15NO2. The summed E-state index contributed by atoms with van der Waals surface area (Å²) in [5, 5.41) is 0. The van der Waals surface area contributed by atoms with Gasteiger partial charge in [-0.2, -0.15) is 0 Å². The minimum Gasteiger partial charge on any atom is -0.367 e. The molecule has 0 spiro atoms. The lowest BCUT2D eigenvalue weighted by atomic mass is 9.98. The Bertz CT molecular complexity index is 217. The largest absolute Gasteiger partial charge is 0.367 e. The van der Waals surface area contributed by atoms with Gasteiger partial charge in [-0.05, 0) is 20.3 Å². The Morgan fingerprint density at radius 3 is 2.75 bits per heavy atom. The van der Waals surface area contributed by atoms with E-state index >= 15 is 0 Å². The number of rotatable bonds is 0. The Morgan fingerprint density at radius 2 is 2.17 bits per heavy atom.